The summed E-state index contributed by atoms with van der Waals surface area (Å²) in [6.45, 7) is 0.703. The van der Waals surface area contributed by atoms with Gasteiger partial charge in [0, 0.05) is 18.2 Å². The maximum atomic E-state index is 13.2. The Balaban J connectivity index is 2.22. The van der Waals surface area contributed by atoms with Crippen LogP contribution in [0, 0.1) is 5.82 Å². The van der Waals surface area contributed by atoms with E-state index < -0.39 is 0 Å². The van der Waals surface area contributed by atoms with E-state index in [2.05, 4.69) is 4.90 Å². The van der Waals surface area contributed by atoms with Crippen molar-refractivity contribution in [2.45, 2.75) is 25.4 Å². The van der Waals surface area contributed by atoms with Gasteiger partial charge in [-0.1, -0.05) is 12.2 Å². The van der Waals surface area contributed by atoms with Crippen molar-refractivity contribution in [3.8, 4) is 0 Å². The Morgan fingerprint density at radius 2 is 2.25 bits per heavy atom. The number of hydrogen-bond donors (Lipinski definition) is 1. The van der Waals surface area contributed by atoms with E-state index in [1.54, 1.807) is 6.07 Å². The van der Waals surface area contributed by atoms with Crippen molar-refractivity contribution in [1.29, 1.82) is 0 Å². The number of benzene rings is 1. The third-order valence-corrected chi connectivity index (χ3v) is 3.14. The minimum absolute atomic E-state index is 0.237. The zero-order valence-electron chi connectivity index (χ0n) is 9.24. The van der Waals surface area contributed by atoms with Crippen LogP contribution in [0.3, 0.4) is 0 Å². The molecule has 1 aliphatic carbocycles. The number of nitrogens with two attached hydrogens (primary N) is 1. The van der Waals surface area contributed by atoms with Crippen molar-refractivity contribution in [2.75, 3.05) is 7.05 Å². The molecule has 1 aromatic rings. The summed E-state index contributed by atoms with van der Waals surface area (Å²) >= 11 is 4.96. The molecule has 0 spiro atoms. The average Bonchev–Trinajstić information content (AvgIpc) is 2.99. The lowest BCUT2D eigenvalue weighted by Gasteiger charge is -2.17. The Labute approximate surface area is 100 Å². The van der Waals surface area contributed by atoms with E-state index in [0.717, 1.165) is 11.1 Å². The predicted molar refractivity (Wildman–Crippen MR) is 66.8 cm³/mol. The molecule has 0 bridgehead atoms. The first-order valence-corrected chi connectivity index (χ1v) is 5.77. The van der Waals surface area contributed by atoms with E-state index in [0.29, 0.717) is 17.6 Å². The first-order valence-electron chi connectivity index (χ1n) is 5.36. The molecule has 1 saturated carbocycles. The number of nitrogens with zero attached hydrogens (tertiary/aromatic N) is 1. The molecule has 2 N–H and O–H groups in total. The minimum Gasteiger partial charge on any atom is -0.389 e. The molecule has 0 unspecified atom stereocenters. The quantitative estimate of drug-likeness (QED) is 0.814. The summed E-state index contributed by atoms with van der Waals surface area (Å²) < 4.78 is 13.2. The summed E-state index contributed by atoms with van der Waals surface area (Å²) in [7, 11) is 2.05. The van der Waals surface area contributed by atoms with Crippen molar-refractivity contribution in [1.82, 2.24) is 4.90 Å². The van der Waals surface area contributed by atoms with Crippen LogP contribution in [0.15, 0.2) is 18.2 Å². The summed E-state index contributed by atoms with van der Waals surface area (Å²) in [5, 5.41) is 0. The third-order valence-electron chi connectivity index (χ3n) is 2.92. The lowest BCUT2D eigenvalue weighted by Crippen LogP contribution is -2.22. The van der Waals surface area contributed by atoms with Crippen LogP contribution in [0.25, 0.3) is 0 Å². The molecule has 4 heteroatoms. The predicted octanol–water partition coefficient (Wildman–Crippen LogP) is 2.05. The van der Waals surface area contributed by atoms with Crippen LogP contribution in [0.5, 0.6) is 0 Å². The molecule has 0 radical (unpaired) electrons. The van der Waals surface area contributed by atoms with Crippen LogP contribution >= 0.6 is 12.2 Å². The maximum Gasteiger partial charge on any atom is 0.123 e. The van der Waals surface area contributed by atoms with E-state index in [4.69, 9.17) is 18.0 Å². The summed E-state index contributed by atoms with van der Waals surface area (Å²) in [6.07, 6.45) is 2.46. The van der Waals surface area contributed by atoms with Gasteiger partial charge < -0.3 is 5.73 Å². The van der Waals surface area contributed by atoms with Crippen LogP contribution in [-0.2, 0) is 6.54 Å². The van der Waals surface area contributed by atoms with Gasteiger partial charge in [0.05, 0.1) is 0 Å². The van der Waals surface area contributed by atoms with Gasteiger partial charge in [-0.2, -0.15) is 0 Å². The summed E-state index contributed by atoms with van der Waals surface area (Å²) in [5.41, 5.74) is 7.28. The van der Waals surface area contributed by atoms with Gasteiger partial charge in [-0.3, -0.25) is 4.90 Å². The molecule has 16 heavy (non-hydrogen) atoms. The molecule has 86 valence electrons. The van der Waals surface area contributed by atoms with Crippen LogP contribution < -0.4 is 5.73 Å². The van der Waals surface area contributed by atoms with Gasteiger partial charge in [0.15, 0.2) is 0 Å². The normalized spacial score (nSPS) is 15.4. The molecule has 1 fully saturated rings. The number of halogens is 1. The van der Waals surface area contributed by atoms with Crippen molar-refractivity contribution in [3.05, 3.63) is 35.1 Å². The zero-order valence-corrected chi connectivity index (χ0v) is 10.1. The SMILES string of the molecule is CN(Cc1cc(F)ccc1C(N)=S)C1CC1. The standard InChI is InChI=1S/C12H15FN2S/c1-15(10-3-4-10)7-8-6-9(13)2-5-11(8)12(14)16/h2,5-6,10H,3-4,7H2,1H3,(H2,14,16). The van der Waals surface area contributed by atoms with E-state index in [1.165, 1.54) is 25.0 Å². The summed E-state index contributed by atoms with van der Waals surface area (Å²) in [6, 6.07) is 5.22. The molecule has 0 heterocycles. The highest BCUT2D eigenvalue weighted by Crippen LogP contribution is 2.27. The smallest absolute Gasteiger partial charge is 0.123 e. The maximum absolute atomic E-state index is 13.2. The summed E-state index contributed by atoms with van der Waals surface area (Å²) in [4.78, 5) is 2.55. The van der Waals surface area contributed by atoms with Gasteiger partial charge >= 0.3 is 0 Å². The van der Waals surface area contributed by atoms with Crippen LogP contribution in [-0.4, -0.2) is 23.0 Å². The molecule has 0 saturated heterocycles. The first-order chi connectivity index (χ1) is 7.58. The lowest BCUT2D eigenvalue weighted by molar-refractivity contribution is 0.316. The lowest BCUT2D eigenvalue weighted by atomic mass is 10.1. The molecule has 2 rings (SSSR count). The molecule has 1 aliphatic rings. The first kappa shape index (κ1) is 11.5. The highest BCUT2D eigenvalue weighted by molar-refractivity contribution is 7.80. The molecule has 0 aromatic heterocycles. The summed E-state index contributed by atoms with van der Waals surface area (Å²) in [5.74, 6) is -0.237. The Morgan fingerprint density at radius 3 is 2.81 bits per heavy atom. The van der Waals surface area contributed by atoms with Crippen molar-refractivity contribution >= 4 is 17.2 Å². The molecule has 0 amide bonds. The highest BCUT2D eigenvalue weighted by Gasteiger charge is 2.26. The van der Waals surface area contributed by atoms with E-state index in [9.17, 15) is 4.39 Å². The van der Waals surface area contributed by atoms with E-state index >= 15 is 0 Å². The Hall–Kier alpha value is -1.00. The van der Waals surface area contributed by atoms with Crippen LogP contribution in [0.4, 0.5) is 4.39 Å². The molecule has 2 nitrogen and oxygen atoms in total. The number of thiocarbonyl (C=S) groups is 1. The average molecular weight is 238 g/mol. The molecule has 1 aromatic carbocycles. The van der Waals surface area contributed by atoms with Crippen molar-refractivity contribution in [2.24, 2.45) is 5.73 Å². The van der Waals surface area contributed by atoms with Crippen molar-refractivity contribution in [3.63, 3.8) is 0 Å². The van der Waals surface area contributed by atoms with Gasteiger partial charge in [0.25, 0.3) is 0 Å². The Morgan fingerprint density at radius 1 is 1.56 bits per heavy atom. The van der Waals surface area contributed by atoms with E-state index in [1.807, 2.05) is 7.05 Å². The fourth-order valence-electron chi connectivity index (χ4n) is 1.85. The molecule has 0 aliphatic heterocycles. The molecular weight excluding hydrogens is 223 g/mol. The number of rotatable bonds is 4. The molecule has 0 atom stereocenters. The zero-order chi connectivity index (χ0) is 11.7. The second-order valence-electron chi connectivity index (χ2n) is 4.31. The minimum atomic E-state index is -0.237. The third kappa shape index (κ3) is 2.57. The Kier molecular flexibility index (Phi) is 3.21. The number of hydrogen-bond acceptors (Lipinski definition) is 2. The van der Waals surface area contributed by atoms with Crippen molar-refractivity contribution < 1.29 is 4.39 Å². The van der Waals surface area contributed by atoms with Gasteiger partial charge in [-0.05, 0) is 43.7 Å². The van der Waals surface area contributed by atoms with Gasteiger partial charge in [-0.15, -0.1) is 0 Å². The second kappa shape index (κ2) is 4.47. The second-order valence-corrected chi connectivity index (χ2v) is 4.75. The van der Waals surface area contributed by atoms with Crippen LogP contribution in [0.1, 0.15) is 24.0 Å². The van der Waals surface area contributed by atoms with Crippen LogP contribution in [0.2, 0.25) is 0 Å². The van der Waals surface area contributed by atoms with E-state index in [-0.39, 0.29) is 5.82 Å². The monoisotopic (exact) mass is 238 g/mol. The fraction of sp³-hybridized carbons (Fsp3) is 0.417. The topological polar surface area (TPSA) is 29.3 Å². The Bertz CT molecular complexity index is 415. The fourth-order valence-corrected chi connectivity index (χ4v) is 2.05. The van der Waals surface area contributed by atoms with Gasteiger partial charge in [0.2, 0.25) is 0 Å². The largest absolute Gasteiger partial charge is 0.389 e. The highest BCUT2D eigenvalue weighted by atomic mass is 32.1. The van der Waals surface area contributed by atoms with Gasteiger partial charge in [-0.25, -0.2) is 4.39 Å². The molecular formula is C12H15FN2S. The van der Waals surface area contributed by atoms with Gasteiger partial charge in [0.1, 0.15) is 10.8 Å².